The van der Waals surface area contributed by atoms with Crippen molar-refractivity contribution in [2.45, 2.75) is 18.9 Å². The fourth-order valence-corrected chi connectivity index (χ4v) is 2.83. The number of cyclic esters (lactones) is 1. The van der Waals surface area contributed by atoms with E-state index >= 15 is 0 Å². The number of hydrogen-bond acceptors (Lipinski definition) is 3. The Balaban J connectivity index is 1.56. The third-order valence-corrected chi connectivity index (χ3v) is 4.02. The molecule has 0 fully saturated rings. The van der Waals surface area contributed by atoms with Crippen LogP contribution in [0, 0.1) is 0 Å². The molecule has 0 radical (unpaired) electrons. The molecule has 0 spiro atoms. The molecule has 118 valence electrons. The number of carbonyl (C=O) groups is 2. The van der Waals surface area contributed by atoms with Crippen LogP contribution in [0.15, 0.2) is 48.5 Å². The highest BCUT2D eigenvalue weighted by atomic mass is 35.5. The monoisotopic (exact) mass is 329 g/mol. The van der Waals surface area contributed by atoms with Gasteiger partial charge < -0.3 is 10.1 Å². The van der Waals surface area contributed by atoms with E-state index in [0.717, 1.165) is 11.1 Å². The summed E-state index contributed by atoms with van der Waals surface area (Å²) in [6.45, 7) is 0.467. The molecule has 1 aliphatic heterocycles. The third-order valence-electron chi connectivity index (χ3n) is 3.79. The maximum Gasteiger partial charge on any atom is 0.339 e. The van der Waals surface area contributed by atoms with E-state index in [1.54, 1.807) is 12.1 Å². The summed E-state index contributed by atoms with van der Waals surface area (Å²) in [5.41, 5.74) is 2.43. The normalized spacial score (nSPS) is 16.4. The second-order valence-electron chi connectivity index (χ2n) is 5.43. The van der Waals surface area contributed by atoms with Crippen molar-refractivity contribution in [1.82, 2.24) is 5.32 Å². The van der Waals surface area contributed by atoms with Crippen LogP contribution in [0.2, 0.25) is 5.02 Å². The summed E-state index contributed by atoms with van der Waals surface area (Å²) in [7, 11) is 0. The van der Waals surface area contributed by atoms with E-state index in [2.05, 4.69) is 5.32 Å². The lowest BCUT2D eigenvalue weighted by Gasteiger charge is -2.23. The van der Waals surface area contributed by atoms with Crippen LogP contribution in [0.1, 0.15) is 21.5 Å². The molecule has 1 amide bonds. The SMILES string of the molecule is O=C1OC(C(=O)NCCc2cccc(Cl)c2)Cc2ccccc21. The van der Waals surface area contributed by atoms with Gasteiger partial charge in [-0.15, -0.1) is 0 Å². The minimum atomic E-state index is -0.767. The second kappa shape index (κ2) is 6.84. The summed E-state index contributed by atoms with van der Waals surface area (Å²) >= 11 is 5.93. The van der Waals surface area contributed by atoms with Crippen molar-refractivity contribution in [3.8, 4) is 0 Å². The van der Waals surface area contributed by atoms with Crippen molar-refractivity contribution in [3.63, 3.8) is 0 Å². The summed E-state index contributed by atoms with van der Waals surface area (Å²) in [5, 5.41) is 3.49. The number of nitrogens with one attached hydrogen (secondary N) is 1. The molecule has 0 aromatic heterocycles. The standard InChI is InChI=1S/C18H16ClNO3/c19-14-6-3-4-12(10-14)8-9-20-17(21)16-11-13-5-1-2-7-15(13)18(22)23-16/h1-7,10,16H,8-9,11H2,(H,20,21). The molecule has 1 atom stereocenters. The molecule has 4 nitrogen and oxygen atoms in total. The van der Waals surface area contributed by atoms with Crippen molar-refractivity contribution in [2.24, 2.45) is 0 Å². The predicted octanol–water partition coefficient (Wildman–Crippen LogP) is 2.78. The topological polar surface area (TPSA) is 55.4 Å². The predicted molar refractivity (Wildman–Crippen MR) is 87.5 cm³/mol. The van der Waals surface area contributed by atoms with Crippen molar-refractivity contribution >= 4 is 23.5 Å². The number of benzene rings is 2. The number of amides is 1. The van der Waals surface area contributed by atoms with Gasteiger partial charge in [-0.3, -0.25) is 4.79 Å². The van der Waals surface area contributed by atoms with E-state index < -0.39 is 12.1 Å². The highest BCUT2D eigenvalue weighted by molar-refractivity contribution is 6.30. The van der Waals surface area contributed by atoms with E-state index in [9.17, 15) is 9.59 Å². The van der Waals surface area contributed by atoms with Crippen LogP contribution < -0.4 is 5.32 Å². The van der Waals surface area contributed by atoms with Gasteiger partial charge in [0.25, 0.3) is 5.91 Å². The zero-order valence-electron chi connectivity index (χ0n) is 12.4. The Labute approximate surface area is 139 Å². The lowest BCUT2D eigenvalue weighted by Crippen LogP contribution is -2.42. The molecular formula is C18H16ClNO3. The van der Waals surface area contributed by atoms with E-state index in [4.69, 9.17) is 16.3 Å². The number of hydrogen-bond donors (Lipinski definition) is 1. The first-order valence-corrected chi connectivity index (χ1v) is 7.82. The van der Waals surface area contributed by atoms with Gasteiger partial charge in [0.2, 0.25) is 0 Å². The molecule has 0 saturated heterocycles. The number of ether oxygens (including phenoxy) is 1. The van der Waals surface area contributed by atoms with Gasteiger partial charge in [-0.2, -0.15) is 0 Å². The lowest BCUT2D eigenvalue weighted by atomic mass is 9.98. The summed E-state index contributed by atoms with van der Waals surface area (Å²) in [6, 6.07) is 14.7. The Bertz CT molecular complexity index is 745. The molecule has 1 aliphatic rings. The Morgan fingerprint density at radius 2 is 2.04 bits per heavy atom. The zero-order chi connectivity index (χ0) is 16.2. The van der Waals surface area contributed by atoms with Crippen molar-refractivity contribution in [3.05, 3.63) is 70.2 Å². The third kappa shape index (κ3) is 3.71. The number of esters is 1. The number of halogens is 1. The minimum absolute atomic E-state index is 0.269. The molecule has 0 saturated carbocycles. The smallest absolute Gasteiger partial charge is 0.339 e. The Morgan fingerprint density at radius 3 is 2.87 bits per heavy atom. The van der Waals surface area contributed by atoms with Crippen molar-refractivity contribution in [1.29, 1.82) is 0 Å². The van der Waals surface area contributed by atoms with Crippen LogP contribution in [-0.4, -0.2) is 24.5 Å². The molecule has 5 heteroatoms. The quantitative estimate of drug-likeness (QED) is 0.878. The Morgan fingerprint density at radius 1 is 1.22 bits per heavy atom. The summed E-state index contributed by atoms with van der Waals surface area (Å²) in [4.78, 5) is 24.1. The molecule has 1 heterocycles. The summed E-state index contributed by atoms with van der Waals surface area (Å²) in [5.74, 6) is -0.711. The molecule has 2 aromatic carbocycles. The van der Waals surface area contributed by atoms with Crippen molar-refractivity contribution < 1.29 is 14.3 Å². The maximum atomic E-state index is 12.2. The van der Waals surface area contributed by atoms with Crippen molar-refractivity contribution in [2.75, 3.05) is 6.54 Å². The Kier molecular flexibility index (Phi) is 4.63. The number of fused-ring (bicyclic) bond motifs is 1. The molecule has 0 bridgehead atoms. The van der Waals surface area contributed by atoms with Crippen LogP contribution in [0.25, 0.3) is 0 Å². The number of rotatable bonds is 4. The highest BCUT2D eigenvalue weighted by Gasteiger charge is 2.30. The van der Waals surface area contributed by atoms with Gasteiger partial charge in [0.15, 0.2) is 6.10 Å². The van der Waals surface area contributed by atoms with Gasteiger partial charge in [-0.05, 0) is 35.7 Å². The van der Waals surface area contributed by atoms with Gasteiger partial charge in [0.05, 0.1) is 5.56 Å². The van der Waals surface area contributed by atoms with Gasteiger partial charge >= 0.3 is 5.97 Å². The van der Waals surface area contributed by atoms with E-state index in [-0.39, 0.29) is 5.91 Å². The van der Waals surface area contributed by atoms with E-state index in [1.165, 1.54) is 0 Å². The molecule has 23 heavy (non-hydrogen) atoms. The fraction of sp³-hybridized carbons (Fsp3) is 0.222. The van der Waals surface area contributed by atoms with Gasteiger partial charge in [-0.25, -0.2) is 4.79 Å². The van der Waals surface area contributed by atoms with E-state index in [0.29, 0.717) is 30.0 Å². The van der Waals surface area contributed by atoms with Crippen LogP contribution in [0.5, 0.6) is 0 Å². The second-order valence-corrected chi connectivity index (χ2v) is 5.86. The average Bonchev–Trinajstić information content (AvgIpc) is 2.55. The zero-order valence-corrected chi connectivity index (χ0v) is 13.2. The van der Waals surface area contributed by atoms with Crippen LogP contribution in [0.4, 0.5) is 0 Å². The number of carbonyl (C=O) groups excluding carboxylic acids is 2. The Hall–Kier alpha value is -2.33. The fourth-order valence-electron chi connectivity index (χ4n) is 2.61. The van der Waals surface area contributed by atoms with E-state index in [1.807, 2.05) is 36.4 Å². The van der Waals surface area contributed by atoms with Gasteiger partial charge in [0, 0.05) is 18.0 Å². The molecule has 0 aliphatic carbocycles. The first-order valence-electron chi connectivity index (χ1n) is 7.44. The molecular weight excluding hydrogens is 314 g/mol. The van der Waals surface area contributed by atoms with Crippen LogP contribution in [0.3, 0.4) is 0 Å². The minimum Gasteiger partial charge on any atom is -0.448 e. The molecule has 2 aromatic rings. The maximum absolute atomic E-state index is 12.2. The average molecular weight is 330 g/mol. The first-order chi connectivity index (χ1) is 11.1. The molecule has 3 rings (SSSR count). The van der Waals surface area contributed by atoms with Gasteiger partial charge in [-0.1, -0.05) is 41.9 Å². The largest absolute Gasteiger partial charge is 0.448 e. The van der Waals surface area contributed by atoms with Crippen LogP contribution in [-0.2, 0) is 22.4 Å². The van der Waals surface area contributed by atoms with Crippen LogP contribution >= 0.6 is 11.6 Å². The summed E-state index contributed by atoms with van der Waals surface area (Å²) < 4.78 is 5.22. The van der Waals surface area contributed by atoms with Gasteiger partial charge in [0.1, 0.15) is 0 Å². The molecule has 1 unspecified atom stereocenters. The highest BCUT2D eigenvalue weighted by Crippen LogP contribution is 2.20. The lowest BCUT2D eigenvalue weighted by molar-refractivity contribution is -0.130. The summed E-state index contributed by atoms with van der Waals surface area (Å²) in [6.07, 6.45) is 0.311. The molecule has 1 N–H and O–H groups in total. The first kappa shape index (κ1) is 15.6.